The van der Waals surface area contributed by atoms with Crippen molar-refractivity contribution in [2.75, 3.05) is 31.5 Å². The molecule has 28 heavy (non-hydrogen) atoms. The number of nitro benzene ring substituents is 1. The van der Waals surface area contributed by atoms with Crippen molar-refractivity contribution >= 4 is 23.0 Å². The van der Waals surface area contributed by atoms with Gasteiger partial charge in [0.15, 0.2) is 11.5 Å². The number of carbonyl (C=O) groups is 1. The van der Waals surface area contributed by atoms with Crippen LogP contribution in [0.15, 0.2) is 36.4 Å². The van der Waals surface area contributed by atoms with Crippen LogP contribution in [0.1, 0.15) is 13.8 Å². The maximum atomic E-state index is 12.5. The second kappa shape index (κ2) is 9.45. The molecule has 2 aromatic carbocycles. The first-order chi connectivity index (χ1) is 13.4. The Labute approximate surface area is 162 Å². The van der Waals surface area contributed by atoms with E-state index in [2.05, 4.69) is 10.6 Å². The summed E-state index contributed by atoms with van der Waals surface area (Å²) in [5.74, 6) is 1.09. The van der Waals surface area contributed by atoms with Crippen LogP contribution in [0.5, 0.6) is 17.2 Å². The summed E-state index contributed by atoms with van der Waals surface area (Å²) in [6.45, 7) is 4.05. The van der Waals surface area contributed by atoms with Crippen molar-refractivity contribution in [2.24, 2.45) is 0 Å². The zero-order valence-electron chi connectivity index (χ0n) is 16.1. The molecule has 0 aliphatic carbocycles. The Balaban J connectivity index is 2.13. The average Bonchev–Trinajstić information content (AvgIpc) is 2.69. The fraction of sp³-hybridized carbons (Fsp3) is 0.316. The highest BCUT2D eigenvalue weighted by molar-refractivity contribution is 5.97. The fourth-order valence-corrected chi connectivity index (χ4v) is 2.50. The standard InChI is InChI=1S/C19H23N3O6/c1-5-28-17-8-6-13(10-18(17)27-4)20-12(2)19(23)21-15-11-14(22(24)25)7-9-16(15)26-3/h6-12,20H,5H2,1-4H3,(H,21,23)/t12-/m0/s1. The number of nitrogens with zero attached hydrogens (tertiary/aromatic N) is 1. The van der Waals surface area contributed by atoms with Gasteiger partial charge in [-0.15, -0.1) is 0 Å². The minimum atomic E-state index is -0.633. The molecule has 0 saturated carbocycles. The number of rotatable bonds is 9. The van der Waals surface area contributed by atoms with Crippen LogP contribution >= 0.6 is 0 Å². The van der Waals surface area contributed by atoms with Gasteiger partial charge in [-0.2, -0.15) is 0 Å². The normalized spacial score (nSPS) is 11.3. The van der Waals surface area contributed by atoms with Crippen molar-refractivity contribution in [1.82, 2.24) is 0 Å². The second-order valence-electron chi connectivity index (χ2n) is 5.80. The Morgan fingerprint density at radius 2 is 1.79 bits per heavy atom. The number of hydrogen-bond acceptors (Lipinski definition) is 7. The summed E-state index contributed by atoms with van der Waals surface area (Å²) in [7, 11) is 2.96. The first-order valence-corrected chi connectivity index (χ1v) is 8.60. The predicted octanol–water partition coefficient (Wildman–Crippen LogP) is 3.45. The summed E-state index contributed by atoms with van der Waals surface area (Å²) in [6, 6.07) is 8.61. The fourth-order valence-electron chi connectivity index (χ4n) is 2.50. The van der Waals surface area contributed by atoms with E-state index in [0.29, 0.717) is 29.5 Å². The van der Waals surface area contributed by atoms with Crippen LogP contribution in [-0.2, 0) is 4.79 Å². The molecule has 2 aromatic rings. The zero-order chi connectivity index (χ0) is 20.7. The topological polar surface area (TPSA) is 112 Å². The van der Waals surface area contributed by atoms with E-state index in [4.69, 9.17) is 14.2 Å². The SMILES string of the molecule is CCOc1ccc(N[C@@H](C)C(=O)Nc2cc([N+](=O)[O-])ccc2OC)cc1OC. The lowest BCUT2D eigenvalue weighted by Gasteiger charge is -2.18. The highest BCUT2D eigenvalue weighted by atomic mass is 16.6. The van der Waals surface area contributed by atoms with Crippen LogP contribution < -0.4 is 24.8 Å². The Hall–Kier alpha value is -3.49. The van der Waals surface area contributed by atoms with Crippen molar-refractivity contribution in [1.29, 1.82) is 0 Å². The Kier molecular flexibility index (Phi) is 7.02. The van der Waals surface area contributed by atoms with Crippen molar-refractivity contribution in [3.05, 3.63) is 46.5 Å². The third-order valence-electron chi connectivity index (χ3n) is 3.89. The molecule has 0 aliphatic heterocycles. The lowest BCUT2D eigenvalue weighted by Crippen LogP contribution is -2.32. The van der Waals surface area contributed by atoms with Crippen LogP contribution in [0.2, 0.25) is 0 Å². The molecule has 0 unspecified atom stereocenters. The Morgan fingerprint density at radius 3 is 2.39 bits per heavy atom. The van der Waals surface area contributed by atoms with Gasteiger partial charge < -0.3 is 24.8 Å². The minimum absolute atomic E-state index is 0.145. The number of benzene rings is 2. The molecular formula is C19H23N3O6. The van der Waals surface area contributed by atoms with Gasteiger partial charge in [-0.3, -0.25) is 14.9 Å². The number of ether oxygens (including phenoxy) is 3. The number of hydrogen-bond donors (Lipinski definition) is 2. The number of anilines is 2. The van der Waals surface area contributed by atoms with Crippen LogP contribution in [0.4, 0.5) is 17.1 Å². The number of nitrogens with one attached hydrogen (secondary N) is 2. The summed E-state index contributed by atoms with van der Waals surface area (Å²) in [6.07, 6.45) is 0. The molecule has 2 N–H and O–H groups in total. The maximum absolute atomic E-state index is 12.5. The molecule has 9 heteroatoms. The number of carbonyl (C=O) groups excluding carboxylic acids is 1. The number of methoxy groups -OCH3 is 2. The summed E-state index contributed by atoms with van der Waals surface area (Å²) < 4.78 is 15.9. The van der Waals surface area contributed by atoms with E-state index >= 15 is 0 Å². The molecule has 0 spiro atoms. The molecule has 0 saturated heterocycles. The predicted molar refractivity (Wildman–Crippen MR) is 106 cm³/mol. The third kappa shape index (κ3) is 5.03. The highest BCUT2D eigenvalue weighted by Gasteiger charge is 2.18. The smallest absolute Gasteiger partial charge is 0.271 e. The van der Waals surface area contributed by atoms with Gasteiger partial charge in [-0.1, -0.05) is 0 Å². The molecule has 9 nitrogen and oxygen atoms in total. The monoisotopic (exact) mass is 389 g/mol. The van der Waals surface area contributed by atoms with Crippen LogP contribution in [0.25, 0.3) is 0 Å². The van der Waals surface area contributed by atoms with Crippen molar-refractivity contribution in [3.8, 4) is 17.2 Å². The van der Waals surface area contributed by atoms with Gasteiger partial charge in [0.25, 0.3) is 5.69 Å². The zero-order valence-corrected chi connectivity index (χ0v) is 16.1. The van der Waals surface area contributed by atoms with E-state index in [9.17, 15) is 14.9 Å². The van der Waals surface area contributed by atoms with E-state index in [1.54, 1.807) is 25.1 Å². The maximum Gasteiger partial charge on any atom is 0.271 e. The molecule has 0 radical (unpaired) electrons. The Morgan fingerprint density at radius 1 is 1.11 bits per heavy atom. The molecule has 150 valence electrons. The largest absolute Gasteiger partial charge is 0.495 e. The summed E-state index contributed by atoms with van der Waals surface area (Å²) in [5, 5.41) is 16.7. The number of nitro groups is 1. The van der Waals surface area contributed by atoms with E-state index in [1.165, 1.54) is 32.4 Å². The number of amides is 1. The Bertz CT molecular complexity index is 856. The lowest BCUT2D eigenvalue weighted by atomic mass is 10.2. The lowest BCUT2D eigenvalue weighted by molar-refractivity contribution is -0.384. The van der Waals surface area contributed by atoms with E-state index in [-0.39, 0.29) is 17.3 Å². The van der Waals surface area contributed by atoms with Gasteiger partial charge in [0.05, 0.1) is 31.4 Å². The molecule has 0 aliphatic rings. The van der Waals surface area contributed by atoms with Crippen molar-refractivity contribution in [2.45, 2.75) is 19.9 Å². The van der Waals surface area contributed by atoms with Gasteiger partial charge >= 0.3 is 0 Å². The molecule has 1 amide bonds. The second-order valence-corrected chi connectivity index (χ2v) is 5.80. The minimum Gasteiger partial charge on any atom is -0.495 e. The van der Waals surface area contributed by atoms with E-state index in [0.717, 1.165) is 0 Å². The number of non-ortho nitro benzene ring substituents is 1. The van der Waals surface area contributed by atoms with Crippen molar-refractivity contribution in [3.63, 3.8) is 0 Å². The highest BCUT2D eigenvalue weighted by Crippen LogP contribution is 2.31. The molecule has 0 fully saturated rings. The first kappa shape index (κ1) is 20.8. The average molecular weight is 389 g/mol. The van der Waals surface area contributed by atoms with Gasteiger partial charge in [-0.05, 0) is 32.0 Å². The molecule has 2 rings (SSSR count). The quantitative estimate of drug-likeness (QED) is 0.499. The summed E-state index contributed by atoms with van der Waals surface area (Å²) in [5.41, 5.74) is 0.738. The summed E-state index contributed by atoms with van der Waals surface area (Å²) >= 11 is 0. The third-order valence-corrected chi connectivity index (χ3v) is 3.89. The van der Waals surface area contributed by atoms with Gasteiger partial charge in [0.1, 0.15) is 11.8 Å². The van der Waals surface area contributed by atoms with Crippen LogP contribution in [0, 0.1) is 10.1 Å². The molecule has 0 heterocycles. The van der Waals surface area contributed by atoms with Crippen molar-refractivity contribution < 1.29 is 23.9 Å². The van der Waals surface area contributed by atoms with Gasteiger partial charge in [-0.25, -0.2) is 0 Å². The van der Waals surface area contributed by atoms with Gasteiger partial charge in [0, 0.05) is 23.9 Å². The first-order valence-electron chi connectivity index (χ1n) is 8.60. The van der Waals surface area contributed by atoms with E-state index < -0.39 is 11.0 Å². The van der Waals surface area contributed by atoms with E-state index in [1.807, 2.05) is 6.92 Å². The molecule has 0 aromatic heterocycles. The molecular weight excluding hydrogens is 366 g/mol. The molecule has 0 bridgehead atoms. The molecule has 1 atom stereocenters. The van der Waals surface area contributed by atoms with Gasteiger partial charge in [0.2, 0.25) is 5.91 Å². The van der Waals surface area contributed by atoms with Crippen LogP contribution in [-0.4, -0.2) is 37.7 Å². The van der Waals surface area contributed by atoms with Crippen LogP contribution in [0.3, 0.4) is 0 Å². The summed E-state index contributed by atoms with van der Waals surface area (Å²) in [4.78, 5) is 23.0.